The number of piperazine rings is 1. The summed E-state index contributed by atoms with van der Waals surface area (Å²) in [6.45, 7) is 6.26. The van der Waals surface area contributed by atoms with Crippen LogP contribution in [0.15, 0.2) is 24.3 Å². The first-order chi connectivity index (χ1) is 9.86. The van der Waals surface area contributed by atoms with Crippen molar-refractivity contribution < 1.29 is 4.74 Å². The van der Waals surface area contributed by atoms with Gasteiger partial charge in [0.1, 0.15) is 18.4 Å². The molecule has 1 saturated heterocycles. The van der Waals surface area contributed by atoms with Gasteiger partial charge in [-0.1, -0.05) is 12.1 Å². The van der Waals surface area contributed by atoms with Gasteiger partial charge in [-0.15, -0.1) is 0 Å². The van der Waals surface area contributed by atoms with Crippen molar-refractivity contribution in [2.24, 2.45) is 0 Å². The van der Waals surface area contributed by atoms with Gasteiger partial charge < -0.3 is 4.74 Å². The third-order valence-corrected chi connectivity index (χ3v) is 4.14. The zero-order valence-electron chi connectivity index (χ0n) is 11.8. The molecule has 0 bridgehead atoms. The van der Waals surface area contributed by atoms with Crippen LogP contribution in [0, 0.1) is 11.3 Å². The third kappa shape index (κ3) is 3.30. The second-order valence-electron chi connectivity index (χ2n) is 5.57. The molecule has 1 aliphatic carbocycles. The molecule has 0 spiro atoms. The van der Waals surface area contributed by atoms with Gasteiger partial charge in [0.25, 0.3) is 0 Å². The Hall–Kier alpha value is -1.57. The van der Waals surface area contributed by atoms with E-state index in [1.165, 1.54) is 25.9 Å². The van der Waals surface area contributed by atoms with Gasteiger partial charge >= 0.3 is 0 Å². The molecule has 1 aromatic rings. The van der Waals surface area contributed by atoms with Crippen LogP contribution in [-0.4, -0.2) is 55.2 Å². The van der Waals surface area contributed by atoms with Crippen LogP contribution >= 0.6 is 0 Å². The van der Waals surface area contributed by atoms with Gasteiger partial charge in [0.05, 0.1) is 5.56 Å². The molecule has 0 radical (unpaired) electrons. The van der Waals surface area contributed by atoms with Crippen LogP contribution in [0.5, 0.6) is 5.75 Å². The average Bonchev–Trinajstić information content (AvgIpc) is 3.33. The normalized spacial score (nSPS) is 20.6. The van der Waals surface area contributed by atoms with Crippen molar-refractivity contribution in [2.75, 3.05) is 39.3 Å². The summed E-state index contributed by atoms with van der Waals surface area (Å²) in [7, 11) is 0. The number of hydrogen-bond acceptors (Lipinski definition) is 4. The molecule has 0 amide bonds. The Kier molecular flexibility index (Phi) is 4.19. The summed E-state index contributed by atoms with van der Waals surface area (Å²) in [5, 5.41) is 9.01. The van der Waals surface area contributed by atoms with Gasteiger partial charge in [0.15, 0.2) is 0 Å². The number of hydrogen-bond donors (Lipinski definition) is 0. The van der Waals surface area contributed by atoms with E-state index in [0.29, 0.717) is 17.9 Å². The first kappa shape index (κ1) is 13.4. The summed E-state index contributed by atoms with van der Waals surface area (Å²) >= 11 is 0. The fourth-order valence-electron chi connectivity index (χ4n) is 2.76. The lowest BCUT2D eigenvalue weighted by molar-refractivity contribution is 0.112. The lowest BCUT2D eigenvalue weighted by Gasteiger charge is -2.34. The number of ether oxygens (including phenoxy) is 1. The smallest absolute Gasteiger partial charge is 0.137 e. The molecule has 2 aliphatic rings. The largest absolute Gasteiger partial charge is 0.491 e. The van der Waals surface area contributed by atoms with E-state index in [-0.39, 0.29) is 0 Å². The van der Waals surface area contributed by atoms with Crippen LogP contribution in [0.4, 0.5) is 0 Å². The number of nitriles is 1. The number of nitrogens with zero attached hydrogens (tertiary/aromatic N) is 3. The Morgan fingerprint density at radius 3 is 2.60 bits per heavy atom. The van der Waals surface area contributed by atoms with E-state index in [2.05, 4.69) is 15.9 Å². The van der Waals surface area contributed by atoms with Gasteiger partial charge in [0.2, 0.25) is 0 Å². The number of benzene rings is 1. The quantitative estimate of drug-likeness (QED) is 0.817. The predicted octanol–water partition coefficient (Wildman–Crippen LogP) is 1.72. The molecule has 1 aliphatic heterocycles. The van der Waals surface area contributed by atoms with Crippen molar-refractivity contribution in [3.05, 3.63) is 29.8 Å². The molecule has 106 valence electrons. The van der Waals surface area contributed by atoms with E-state index < -0.39 is 0 Å². The lowest BCUT2D eigenvalue weighted by atomic mass is 10.2. The highest BCUT2D eigenvalue weighted by Crippen LogP contribution is 2.27. The molecule has 0 unspecified atom stereocenters. The second-order valence-corrected chi connectivity index (χ2v) is 5.57. The summed E-state index contributed by atoms with van der Waals surface area (Å²) < 4.78 is 5.74. The maximum Gasteiger partial charge on any atom is 0.137 e. The maximum atomic E-state index is 9.01. The highest BCUT2D eigenvalue weighted by atomic mass is 16.5. The van der Waals surface area contributed by atoms with Crippen LogP contribution in [-0.2, 0) is 0 Å². The minimum atomic E-state index is 0.617. The minimum absolute atomic E-state index is 0.617. The van der Waals surface area contributed by atoms with Crippen molar-refractivity contribution in [3.8, 4) is 11.8 Å². The fraction of sp³-hybridized carbons (Fsp3) is 0.562. The Bertz CT molecular complexity index is 485. The van der Waals surface area contributed by atoms with Crippen LogP contribution in [0.3, 0.4) is 0 Å². The van der Waals surface area contributed by atoms with Crippen molar-refractivity contribution in [1.82, 2.24) is 9.80 Å². The van der Waals surface area contributed by atoms with E-state index in [4.69, 9.17) is 10.00 Å². The monoisotopic (exact) mass is 271 g/mol. The Labute approximate surface area is 120 Å². The van der Waals surface area contributed by atoms with E-state index in [1.54, 1.807) is 6.07 Å². The van der Waals surface area contributed by atoms with E-state index >= 15 is 0 Å². The van der Waals surface area contributed by atoms with Crippen LogP contribution < -0.4 is 4.74 Å². The molecule has 1 heterocycles. The summed E-state index contributed by atoms with van der Waals surface area (Å²) in [6.07, 6.45) is 2.79. The number of rotatable bonds is 5. The van der Waals surface area contributed by atoms with E-state index in [0.717, 1.165) is 25.7 Å². The van der Waals surface area contributed by atoms with E-state index in [1.807, 2.05) is 18.2 Å². The lowest BCUT2D eigenvalue weighted by Crippen LogP contribution is -2.48. The van der Waals surface area contributed by atoms with Crippen molar-refractivity contribution >= 4 is 0 Å². The zero-order valence-corrected chi connectivity index (χ0v) is 11.8. The van der Waals surface area contributed by atoms with Gasteiger partial charge in [-0.25, -0.2) is 0 Å². The Balaban J connectivity index is 1.41. The van der Waals surface area contributed by atoms with Crippen LogP contribution in [0.2, 0.25) is 0 Å². The van der Waals surface area contributed by atoms with E-state index in [9.17, 15) is 0 Å². The van der Waals surface area contributed by atoms with Crippen molar-refractivity contribution in [1.29, 1.82) is 5.26 Å². The molecule has 0 N–H and O–H groups in total. The third-order valence-electron chi connectivity index (χ3n) is 4.14. The standard InChI is InChI=1S/C16H21N3O/c17-13-14-3-1-2-4-16(14)20-12-11-18-7-9-19(10-8-18)15-5-6-15/h1-4,15H,5-12H2. The summed E-state index contributed by atoms with van der Waals surface area (Å²) in [5.74, 6) is 0.701. The average molecular weight is 271 g/mol. The highest BCUT2D eigenvalue weighted by molar-refractivity contribution is 5.42. The van der Waals surface area contributed by atoms with Crippen molar-refractivity contribution in [3.63, 3.8) is 0 Å². The summed E-state index contributed by atoms with van der Waals surface area (Å²) in [4.78, 5) is 5.07. The summed E-state index contributed by atoms with van der Waals surface area (Å²) in [6, 6.07) is 10.5. The molecule has 0 atom stereocenters. The molecular formula is C16H21N3O. The minimum Gasteiger partial charge on any atom is -0.491 e. The molecule has 0 aromatic heterocycles. The first-order valence-electron chi connectivity index (χ1n) is 7.45. The first-order valence-corrected chi connectivity index (χ1v) is 7.45. The van der Waals surface area contributed by atoms with Crippen molar-refractivity contribution in [2.45, 2.75) is 18.9 Å². The predicted molar refractivity (Wildman–Crippen MR) is 77.7 cm³/mol. The zero-order chi connectivity index (χ0) is 13.8. The molecule has 4 heteroatoms. The molecule has 20 heavy (non-hydrogen) atoms. The van der Waals surface area contributed by atoms with Gasteiger partial charge in [-0.3, -0.25) is 9.80 Å². The molecule has 2 fully saturated rings. The van der Waals surface area contributed by atoms with Crippen LogP contribution in [0.1, 0.15) is 18.4 Å². The summed E-state index contributed by atoms with van der Waals surface area (Å²) in [5.41, 5.74) is 0.617. The molecular weight excluding hydrogens is 250 g/mol. The van der Waals surface area contributed by atoms with Crippen LogP contribution in [0.25, 0.3) is 0 Å². The SMILES string of the molecule is N#Cc1ccccc1OCCN1CCN(C2CC2)CC1. The maximum absolute atomic E-state index is 9.01. The molecule has 4 nitrogen and oxygen atoms in total. The molecule has 1 aromatic carbocycles. The number of para-hydroxylation sites is 1. The molecule has 1 saturated carbocycles. The highest BCUT2D eigenvalue weighted by Gasteiger charge is 2.30. The molecule has 3 rings (SSSR count). The van der Waals surface area contributed by atoms with Gasteiger partial charge in [0, 0.05) is 38.8 Å². The van der Waals surface area contributed by atoms with Gasteiger partial charge in [-0.05, 0) is 25.0 Å². The second kappa shape index (κ2) is 6.25. The van der Waals surface area contributed by atoms with Gasteiger partial charge in [-0.2, -0.15) is 5.26 Å². The Morgan fingerprint density at radius 2 is 1.90 bits per heavy atom. The fourth-order valence-corrected chi connectivity index (χ4v) is 2.76. The topological polar surface area (TPSA) is 39.5 Å². The Morgan fingerprint density at radius 1 is 1.15 bits per heavy atom.